The lowest BCUT2D eigenvalue weighted by Gasteiger charge is -2.44. The quantitative estimate of drug-likeness (QED) is 0.256. The molecule has 4 heterocycles. The fourth-order valence-corrected chi connectivity index (χ4v) is 9.01. The number of aromatic nitrogens is 1. The van der Waals surface area contributed by atoms with Crippen molar-refractivity contribution in [2.75, 3.05) is 43.0 Å². The number of hydrogen-bond donors (Lipinski definition) is 2. The Hall–Kier alpha value is -3.71. The van der Waals surface area contributed by atoms with Crippen LogP contribution in [0.2, 0.25) is 5.02 Å². The van der Waals surface area contributed by atoms with Gasteiger partial charge in [-0.1, -0.05) is 23.7 Å². The molecule has 0 radical (unpaired) electrons. The van der Waals surface area contributed by atoms with Gasteiger partial charge in [-0.2, -0.15) is 5.26 Å². The molecule has 1 saturated carbocycles. The molecule has 4 aliphatic rings. The number of imide groups is 1. The molecular formula is C38H48Cl2N8O5S. The number of piperazine rings is 1. The Morgan fingerprint density at radius 3 is 2.37 bits per heavy atom. The Balaban J connectivity index is 0.00000561. The first-order valence-corrected chi connectivity index (χ1v) is 19.1. The Bertz CT molecular complexity index is 1790. The van der Waals surface area contributed by atoms with Crippen LogP contribution in [0.1, 0.15) is 83.4 Å². The molecule has 4 fully saturated rings. The van der Waals surface area contributed by atoms with E-state index in [2.05, 4.69) is 44.2 Å². The molecule has 6 rings (SSSR count). The fraction of sp³-hybridized carbons (Fsp3) is 0.553. The van der Waals surface area contributed by atoms with Crippen molar-refractivity contribution in [3.05, 3.63) is 52.8 Å². The molecule has 16 heteroatoms. The lowest BCUT2D eigenvalue weighted by molar-refractivity contribution is -0.134. The smallest absolute Gasteiger partial charge is 0.258 e. The fourth-order valence-electron chi connectivity index (χ4n) is 8.24. The molecular weight excluding hydrogens is 751 g/mol. The van der Waals surface area contributed by atoms with Gasteiger partial charge in [0, 0.05) is 49.9 Å². The van der Waals surface area contributed by atoms with E-state index in [4.69, 9.17) is 28.6 Å². The van der Waals surface area contributed by atoms with Gasteiger partial charge in [-0.25, -0.2) is 4.98 Å². The highest BCUT2D eigenvalue weighted by Gasteiger charge is 2.52. The Kier molecular flexibility index (Phi) is 13.4. The van der Waals surface area contributed by atoms with E-state index in [1.807, 2.05) is 32.0 Å². The molecule has 0 bridgehead atoms. The van der Waals surface area contributed by atoms with Gasteiger partial charge < -0.3 is 15.0 Å². The molecule has 13 nitrogen and oxygen atoms in total. The third kappa shape index (κ3) is 8.88. The average molecular weight is 800 g/mol. The van der Waals surface area contributed by atoms with Gasteiger partial charge in [-0.3, -0.25) is 39.2 Å². The zero-order valence-corrected chi connectivity index (χ0v) is 33.4. The number of anilines is 2. The second-order valence-corrected chi connectivity index (χ2v) is 15.9. The van der Waals surface area contributed by atoms with Crippen LogP contribution in [0.3, 0.4) is 0 Å². The van der Waals surface area contributed by atoms with Crippen molar-refractivity contribution in [3.8, 4) is 6.07 Å². The van der Waals surface area contributed by atoms with E-state index < -0.39 is 5.54 Å². The molecule has 1 aromatic carbocycles. The molecule has 1 aromatic heterocycles. The molecule has 2 aromatic rings. The number of hydrogen-bond acceptors (Lipinski definition) is 10. The summed E-state index contributed by atoms with van der Waals surface area (Å²) in [7, 11) is 0. The van der Waals surface area contributed by atoms with Gasteiger partial charge >= 0.3 is 0 Å². The first-order chi connectivity index (χ1) is 25.3. The zero-order valence-electron chi connectivity index (χ0n) is 31.0. The van der Waals surface area contributed by atoms with Gasteiger partial charge in [0.15, 0.2) is 10.8 Å². The summed E-state index contributed by atoms with van der Waals surface area (Å²) in [5, 5.41) is 15.2. The summed E-state index contributed by atoms with van der Waals surface area (Å²) < 4.78 is 6.37. The topological polar surface area (TPSA) is 151 Å². The summed E-state index contributed by atoms with van der Waals surface area (Å²) in [5.74, 6) is -1.11. The average Bonchev–Trinajstić information content (AvgIpc) is 3.29. The molecule has 3 atom stereocenters. The summed E-state index contributed by atoms with van der Waals surface area (Å²) in [6.07, 6.45) is 5.84. The summed E-state index contributed by atoms with van der Waals surface area (Å²) in [6, 6.07) is 11.2. The first-order valence-electron chi connectivity index (χ1n) is 18.3. The van der Waals surface area contributed by atoms with Gasteiger partial charge in [0.1, 0.15) is 11.6 Å². The van der Waals surface area contributed by atoms with Crippen LogP contribution in [0, 0.1) is 11.3 Å². The van der Waals surface area contributed by atoms with Gasteiger partial charge in [0.2, 0.25) is 17.7 Å². The first kappa shape index (κ1) is 41.5. The Labute approximate surface area is 333 Å². The lowest BCUT2D eigenvalue weighted by atomic mass is 9.89. The number of thiocarbonyl (C=S) groups is 1. The van der Waals surface area contributed by atoms with Gasteiger partial charge in [-0.05, 0) is 95.8 Å². The summed E-state index contributed by atoms with van der Waals surface area (Å²) in [5.41, 5.74) is 1.22. The number of nitrogens with one attached hydrogen (secondary N) is 2. The van der Waals surface area contributed by atoms with Crippen molar-refractivity contribution in [2.45, 2.75) is 102 Å². The minimum absolute atomic E-state index is 0. The Morgan fingerprint density at radius 2 is 1.76 bits per heavy atom. The predicted octanol–water partition coefficient (Wildman–Crippen LogP) is 4.62. The maximum absolute atomic E-state index is 13.6. The van der Waals surface area contributed by atoms with Crippen LogP contribution in [0.5, 0.6) is 0 Å². The van der Waals surface area contributed by atoms with E-state index in [0.29, 0.717) is 35.9 Å². The number of halogens is 2. The number of nitrogens with zero attached hydrogens (tertiary/aromatic N) is 6. The molecule has 4 amide bonds. The van der Waals surface area contributed by atoms with Gasteiger partial charge in [0.05, 0.1) is 42.1 Å². The largest absolute Gasteiger partial charge is 0.377 e. The van der Waals surface area contributed by atoms with Crippen molar-refractivity contribution in [1.29, 1.82) is 5.26 Å². The van der Waals surface area contributed by atoms with Crippen molar-refractivity contribution >= 4 is 76.3 Å². The highest BCUT2D eigenvalue weighted by molar-refractivity contribution is 7.80. The monoisotopic (exact) mass is 798 g/mol. The number of nitriles is 1. The number of pyridine rings is 1. The van der Waals surface area contributed by atoms with E-state index in [1.165, 1.54) is 11.1 Å². The lowest BCUT2D eigenvalue weighted by Crippen LogP contribution is -2.58. The van der Waals surface area contributed by atoms with E-state index >= 15 is 0 Å². The number of benzene rings is 1. The third-order valence-electron chi connectivity index (χ3n) is 11.0. The van der Waals surface area contributed by atoms with Crippen LogP contribution < -0.4 is 15.5 Å². The maximum Gasteiger partial charge on any atom is 0.258 e. The van der Waals surface area contributed by atoms with E-state index in [9.17, 15) is 24.4 Å². The number of carbonyl (C=O) groups excluding carboxylic acids is 4. The third-order valence-corrected chi connectivity index (χ3v) is 11.7. The number of amides is 4. The van der Waals surface area contributed by atoms with E-state index in [-0.39, 0.29) is 83.4 Å². The molecule has 0 spiro atoms. The molecule has 3 aliphatic heterocycles. The van der Waals surface area contributed by atoms with Crippen molar-refractivity contribution < 1.29 is 23.9 Å². The van der Waals surface area contributed by atoms with Crippen molar-refractivity contribution in [1.82, 2.24) is 25.0 Å². The molecule has 3 saturated heterocycles. The van der Waals surface area contributed by atoms with Crippen LogP contribution in [0.25, 0.3) is 0 Å². The van der Waals surface area contributed by atoms with Crippen LogP contribution in [-0.2, 0) is 23.9 Å². The molecule has 1 unspecified atom stereocenters. The van der Waals surface area contributed by atoms with Gasteiger partial charge in [0.25, 0.3) is 5.91 Å². The van der Waals surface area contributed by atoms with Crippen LogP contribution in [0.15, 0.2) is 36.5 Å². The molecule has 2 N–H and O–H groups in total. The van der Waals surface area contributed by atoms with E-state index in [1.54, 1.807) is 18.2 Å². The SMILES string of the molecule is C[C@@H]1CN(CCO[C@H]2CC[C@H](N3C(=S)N(c4cnc(C#N)c(Cl)c4)C(=O)C3(C)C)CC2)C[C@H](C)N1CC(=O)Nc1ccc(C2CCC(=O)NC2=O)cc1.Cl. The number of rotatable bonds is 10. The molecule has 290 valence electrons. The standard InChI is InChI=1S/C38H47ClN8O5S.ClH/c1-23-20-44(21-24(2)45(23)22-34(49)42-26-7-5-25(6-8-26)30-13-14-33(48)43-35(30)50)15-16-52-29-11-9-27(10-12-29)47-37(53)46(36(51)38(47,3)4)28-17-31(39)32(18-40)41-19-28;/h5-8,17,19,23-24,27,29-30H,9-16,20-22H2,1-4H3,(H,42,49)(H,43,48,50);1H/t23-,24+,27-,29-,30?;. The predicted molar refractivity (Wildman–Crippen MR) is 211 cm³/mol. The number of ether oxygens (including phenoxy) is 1. The van der Waals surface area contributed by atoms with Crippen LogP contribution in [-0.4, -0.2) is 111 Å². The van der Waals surface area contributed by atoms with Gasteiger partial charge in [-0.15, -0.1) is 12.4 Å². The normalized spacial score (nSPS) is 26.3. The minimum atomic E-state index is -0.836. The highest BCUT2D eigenvalue weighted by atomic mass is 35.5. The molecule has 1 aliphatic carbocycles. The van der Waals surface area contributed by atoms with Crippen LogP contribution in [0.4, 0.5) is 11.4 Å². The van der Waals surface area contributed by atoms with E-state index in [0.717, 1.165) is 50.9 Å². The van der Waals surface area contributed by atoms with Crippen molar-refractivity contribution in [3.63, 3.8) is 0 Å². The zero-order chi connectivity index (χ0) is 38.0. The summed E-state index contributed by atoms with van der Waals surface area (Å²) in [6.45, 7) is 11.5. The maximum atomic E-state index is 13.6. The summed E-state index contributed by atoms with van der Waals surface area (Å²) in [4.78, 5) is 62.6. The number of piperidine rings is 1. The summed E-state index contributed by atoms with van der Waals surface area (Å²) >= 11 is 12.1. The second-order valence-electron chi connectivity index (χ2n) is 15.1. The second kappa shape index (κ2) is 17.4. The van der Waals surface area contributed by atoms with Crippen LogP contribution >= 0.6 is 36.2 Å². The van der Waals surface area contributed by atoms with Crippen molar-refractivity contribution in [2.24, 2.45) is 0 Å². The number of carbonyl (C=O) groups is 4. The Morgan fingerprint density at radius 1 is 1.09 bits per heavy atom. The molecule has 54 heavy (non-hydrogen) atoms. The highest BCUT2D eigenvalue weighted by Crippen LogP contribution is 2.39. The minimum Gasteiger partial charge on any atom is -0.377 e.